The quantitative estimate of drug-likeness (QED) is 0.0312. The fraction of sp³-hybridized carbons (Fsp3) is 0.222. The summed E-state index contributed by atoms with van der Waals surface area (Å²) in [6.07, 6.45) is -0.739. The van der Waals surface area contributed by atoms with Crippen LogP contribution >= 0.6 is 0 Å². The van der Waals surface area contributed by atoms with Crippen LogP contribution in [0.2, 0.25) is 0 Å². The number of nitrogens with zero attached hydrogens (tertiary/aromatic N) is 9. The van der Waals surface area contributed by atoms with Gasteiger partial charge in [0, 0.05) is 14.7 Å². The van der Waals surface area contributed by atoms with Crippen molar-refractivity contribution in [3.8, 4) is 0 Å². The second-order valence-corrected chi connectivity index (χ2v) is 10.1. The molecule has 15 nitrogen and oxygen atoms in total. The van der Waals surface area contributed by atoms with Crippen LogP contribution in [0.4, 0.5) is 69.7 Å². The predicted molar refractivity (Wildman–Crippen MR) is 149 cm³/mol. The first kappa shape index (κ1) is 41.6. The van der Waals surface area contributed by atoms with Crippen LogP contribution in [0.3, 0.4) is 0 Å². The maximum atomic E-state index is 14.6. The van der Waals surface area contributed by atoms with Gasteiger partial charge in [0.1, 0.15) is 53.6 Å². The van der Waals surface area contributed by atoms with Crippen LogP contribution in [-0.2, 0) is 14.2 Å². The summed E-state index contributed by atoms with van der Waals surface area (Å²) in [7, 11) is 0. The molecule has 0 unspecified atom stereocenters. The number of carbonyl (C=O) groups excluding carboxylic acids is 3. The zero-order valence-electron chi connectivity index (χ0n) is 25.8. The van der Waals surface area contributed by atoms with Crippen molar-refractivity contribution in [2.45, 2.75) is 13.3 Å². The third-order valence-electron chi connectivity index (χ3n) is 7.05. The molecule has 3 aromatic rings. The first-order chi connectivity index (χ1) is 25.4. The Bertz CT molecular complexity index is 1930. The smallest absolute Gasteiger partial charge is 0.344 e. The number of esters is 3. The molecule has 0 heterocycles. The Morgan fingerprint density at radius 2 is 0.667 bits per heavy atom. The molecule has 0 saturated heterocycles. The number of hydrogen-bond acceptors (Lipinski definition) is 9. The summed E-state index contributed by atoms with van der Waals surface area (Å²) in [6.45, 7) is -3.59. The van der Waals surface area contributed by atoms with Gasteiger partial charge in [0.25, 0.3) is 0 Å². The summed E-state index contributed by atoms with van der Waals surface area (Å²) in [4.78, 5) is 43.8. The number of ether oxygens (including phenoxy) is 3. The van der Waals surface area contributed by atoms with Crippen molar-refractivity contribution in [2.75, 3.05) is 19.8 Å². The van der Waals surface area contributed by atoms with E-state index in [2.05, 4.69) is 29.6 Å². The molecule has 54 heavy (non-hydrogen) atoms. The van der Waals surface area contributed by atoms with Gasteiger partial charge in [-0.2, -0.15) is 0 Å². The molecule has 27 heteroatoms. The normalized spacial score (nSPS) is 11.7. The lowest BCUT2D eigenvalue weighted by atomic mass is 9.87. The van der Waals surface area contributed by atoms with Gasteiger partial charge in [-0.1, -0.05) is 22.3 Å². The summed E-state index contributed by atoms with van der Waals surface area (Å²) in [6, 6.07) is 0. The third kappa shape index (κ3) is 7.67. The van der Waals surface area contributed by atoms with Crippen LogP contribution in [0.15, 0.2) is 15.3 Å². The van der Waals surface area contributed by atoms with Crippen LogP contribution in [0.5, 0.6) is 0 Å². The van der Waals surface area contributed by atoms with Crippen LogP contribution < -0.4 is 0 Å². The molecule has 0 saturated carbocycles. The van der Waals surface area contributed by atoms with E-state index in [9.17, 15) is 67.1 Å². The number of benzene rings is 3. The van der Waals surface area contributed by atoms with E-state index in [0.29, 0.717) is 0 Å². The van der Waals surface area contributed by atoms with E-state index >= 15 is 0 Å². The second kappa shape index (κ2) is 16.7. The fourth-order valence-electron chi connectivity index (χ4n) is 4.10. The van der Waals surface area contributed by atoms with Crippen molar-refractivity contribution >= 4 is 35.0 Å². The summed E-state index contributed by atoms with van der Waals surface area (Å²) in [5, 5.41) is 7.17. The Labute approximate surface area is 288 Å². The van der Waals surface area contributed by atoms with Gasteiger partial charge in [-0.25, -0.2) is 67.1 Å². The zero-order chi connectivity index (χ0) is 40.8. The molecule has 0 aliphatic heterocycles. The molecule has 0 aliphatic carbocycles. The molecule has 0 bridgehead atoms. The Morgan fingerprint density at radius 3 is 0.833 bits per heavy atom. The lowest BCUT2D eigenvalue weighted by Crippen LogP contribution is -2.39. The maximum absolute atomic E-state index is 14.6. The number of azide groups is 3. The first-order valence-corrected chi connectivity index (χ1v) is 13.6. The van der Waals surface area contributed by atoms with Crippen molar-refractivity contribution in [3.05, 3.63) is 118 Å². The minimum Gasteiger partial charge on any atom is -0.461 e. The number of rotatable bonds is 13. The van der Waals surface area contributed by atoms with Gasteiger partial charge in [0.15, 0.2) is 69.8 Å². The van der Waals surface area contributed by atoms with E-state index < -0.39 is 153 Å². The maximum Gasteiger partial charge on any atom is 0.344 e. The summed E-state index contributed by atoms with van der Waals surface area (Å²) >= 11 is 0. The Kier molecular flexibility index (Phi) is 12.8. The van der Waals surface area contributed by atoms with Crippen LogP contribution in [0.1, 0.15) is 44.4 Å². The highest BCUT2D eigenvalue weighted by atomic mass is 19.2. The Hall–Kier alpha value is -6.84. The van der Waals surface area contributed by atoms with Crippen molar-refractivity contribution in [2.24, 2.45) is 20.8 Å². The van der Waals surface area contributed by atoms with E-state index in [1.165, 1.54) is 0 Å². The average Bonchev–Trinajstić information content (AvgIpc) is 3.14. The molecule has 0 radical (unpaired) electrons. The number of halogens is 12. The largest absolute Gasteiger partial charge is 0.461 e. The minimum atomic E-state index is -2.50. The summed E-state index contributed by atoms with van der Waals surface area (Å²) < 4.78 is 187. The van der Waals surface area contributed by atoms with E-state index in [1.807, 2.05) is 14.7 Å². The molecule has 0 atom stereocenters. The number of hydrogen-bond donors (Lipinski definition) is 0. The highest BCUT2D eigenvalue weighted by Crippen LogP contribution is 2.35. The molecule has 0 spiro atoms. The zero-order valence-corrected chi connectivity index (χ0v) is 25.8. The van der Waals surface area contributed by atoms with Gasteiger partial charge in [0.05, 0.1) is 5.41 Å². The lowest BCUT2D eigenvalue weighted by molar-refractivity contribution is -0.0389. The third-order valence-corrected chi connectivity index (χ3v) is 7.05. The van der Waals surface area contributed by atoms with Gasteiger partial charge in [-0.15, -0.1) is 0 Å². The SMILES string of the molecule is CCC(COC(=O)c1c(F)c(F)c(N=[N+]=[N-])c(F)c1F)(COC(=O)c1c(F)c(F)c(N=[N+]=[N-])c(F)c1F)COC(=O)c1c(F)c(F)c(N=[N+]=[N-])c(F)c1F. The standard InChI is InChI=1S/C27H11F12N9O6/c1-2-27(3-52-24(49)6-9(28)15(34)21(43-46-40)16(35)10(6)29,4-53-25(50)7-11(30)17(36)22(44-47-41)18(37)12(7)31)5-54-26(51)8-13(32)19(38)23(45-48-42)20(39)14(8)33/h2-5H2,1H3. The van der Waals surface area contributed by atoms with E-state index in [1.54, 1.807) is 0 Å². The predicted octanol–water partition coefficient (Wildman–Crippen LogP) is 9.45. The highest BCUT2D eigenvalue weighted by molar-refractivity contribution is 5.92. The van der Waals surface area contributed by atoms with Gasteiger partial charge < -0.3 is 14.2 Å². The molecule has 0 amide bonds. The van der Waals surface area contributed by atoms with Gasteiger partial charge >= 0.3 is 17.9 Å². The Morgan fingerprint density at radius 1 is 0.463 bits per heavy atom. The molecule has 3 aromatic carbocycles. The second-order valence-electron chi connectivity index (χ2n) is 10.1. The molecular formula is C27H11F12N9O6. The van der Waals surface area contributed by atoms with Gasteiger partial charge in [-0.05, 0) is 23.0 Å². The van der Waals surface area contributed by atoms with Crippen molar-refractivity contribution in [3.63, 3.8) is 0 Å². The van der Waals surface area contributed by atoms with Crippen molar-refractivity contribution < 1.29 is 81.3 Å². The molecule has 284 valence electrons. The molecule has 0 aliphatic rings. The highest BCUT2D eigenvalue weighted by Gasteiger charge is 2.39. The van der Waals surface area contributed by atoms with Crippen molar-refractivity contribution in [1.82, 2.24) is 0 Å². The minimum absolute atomic E-state index is 0.739. The lowest BCUT2D eigenvalue weighted by Gasteiger charge is -2.31. The molecule has 0 aromatic heterocycles. The van der Waals surface area contributed by atoms with Crippen molar-refractivity contribution in [1.29, 1.82) is 0 Å². The monoisotopic (exact) mass is 785 g/mol. The van der Waals surface area contributed by atoms with Gasteiger partial charge in [-0.3, -0.25) is 0 Å². The van der Waals surface area contributed by atoms with Crippen LogP contribution in [0, 0.1) is 75.2 Å². The number of carbonyl (C=O) groups is 3. The van der Waals surface area contributed by atoms with E-state index in [0.717, 1.165) is 6.92 Å². The summed E-state index contributed by atoms with van der Waals surface area (Å²) in [5.74, 6) is -36.4. The first-order valence-electron chi connectivity index (χ1n) is 13.6. The fourth-order valence-corrected chi connectivity index (χ4v) is 4.10. The molecule has 3 rings (SSSR count). The van der Waals surface area contributed by atoms with E-state index in [4.69, 9.17) is 16.6 Å². The molecule has 0 N–H and O–H groups in total. The van der Waals surface area contributed by atoms with Crippen LogP contribution in [-0.4, -0.2) is 37.7 Å². The Balaban J connectivity index is 2.07. The van der Waals surface area contributed by atoms with E-state index in [-0.39, 0.29) is 0 Å². The van der Waals surface area contributed by atoms with Crippen LogP contribution in [0.25, 0.3) is 31.3 Å². The topological polar surface area (TPSA) is 225 Å². The average molecular weight is 785 g/mol. The molecular weight excluding hydrogens is 774 g/mol. The van der Waals surface area contributed by atoms with Gasteiger partial charge in [0.2, 0.25) is 0 Å². The summed E-state index contributed by atoms with van der Waals surface area (Å²) in [5.41, 5.74) is 10.6. The molecule has 0 fully saturated rings.